The predicted octanol–water partition coefficient (Wildman–Crippen LogP) is 3.96. The molecule has 5 nitrogen and oxygen atoms in total. The minimum Gasteiger partial charge on any atom is -0.497 e. The summed E-state index contributed by atoms with van der Waals surface area (Å²) < 4.78 is 5.23. The molecule has 1 amide bonds. The van der Waals surface area contributed by atoms with Gasteiger partial charge >= 0.3 is 0 Å². The average molecular weight is 398 g/mol. The Bertz CT molecular complexity index is 755. The summed E-state index contributed by atoms with van der Waals surface area (Å²) in [5.74, 6) is 0.780. The molecule has 1 unspecified atom stereocenters. The highest BCUT2D eigenvalue weighted by molar-refractivity contribution is 5.94. The molecule has 29 heavy (non-hydrogen) atoms. The number of carbonyl (C=O) groups is 1. The minimum atomic E-state index is -0.0480. The molecule has 2 rings (SSSR count). The number of methoxy groups -OCH3 is 1. The smallest absolute Gasteiger partial charge is 0.251 e. The highest BCUT2D eigenvalue weighted by atomic mass is 16.5. The van der Waals surface area contributed by atoms with E-state index in [2.05, 4.69) is 35.9 Å². The minimum absolute atomic E-state index is 0.0480. The Labute approximate surface area is 175 Å². The second-order valence-electron chi connectivity index (χ2n) is 7.82. The quantitative estimate of drug-likeness (QED) is 0.659. The van der Waals surface area contributed by atoms with Gasteiger partial charge in [-0.15, -0.1) is 0 Å². The van der Waals surface area contributed by atoms with E-state index in [0.29, 0.717) is 18.2 Å². The summed E-state index contributed by atoms with van der Waals surface area (Å²) in [4.78, 5) is 17.1. The van der Waals surface area contributed by atoms with Crippen LogP contribution in [-0.4, -0.2) is 56.0 Å². The van der Waals surface area contributed by atoms with Gasteiger partial charge < -0.3 is 15.0 Å². The van der Waals surface area contributed by atoms with Crippen LogP contribution in [0.4, 0.5) is 0 Å². The van der Waals surface area contributed by atoms with Crippen LogP contribution in [-0.2, 0) is 6.54 Å². The van der Waals surface area contributed by atoms with Crippen molar-refractivity contribution in [2.75, 3.05) is 34.3 Å². The van der Waals surface area contributed by atoms with Crippen molar-refractivity contribution in [3.63, 3.8) is 0 Å². The molecule has 0 radical (unpaired) electrons. The highest BCUT2D eigenvalue weighted by Gasteiger charge is 2.16. The van der Waals surface area contributed by atoms with Crippen molar-refractivity contribution < 1.29 is 9.53 Å². The first-order valence-electron chi connectivity index (χ1n) is 10.3. The summed E-state index contributed by atoms with van der Waals surface area (Å²) in [5.41, 5.74) is 3.05. The fourth-order valence-electron chi connectivity index (χ4n) is 3.37. The Morgan fingerprint density at radius 2 is 1.66 bits per heavy atom. The maximum Gasteiger partial charge on any atom is 0.251 e. The lowest BCUT2D eigenvalue weighted by atomic mass is 10.1. The van der Waals surface area contributed by atoms with E-state index in [1.807, 2.05) is 62.6 Å². The first-order valence-corrected chi connectivity index (χ1v) is 10.3. The van der Waals surface area contributed by atoms with Crippen molar-refractivity contribution in [2.45, 2.75) is 39.4 Å². The van der Waals surface area contributed by atoms with Gasteiger partial charge in [0.15, 0.2) is 0 Å². The molecule has 0 fully saturated rings. The van der Waals surface area contributed by atoms with E-state index in [0.717, 1.165) is 24.4 Å². The summed E-state index contributed by atoms with van der Waals surface area (Å²) in [6, 6.07) is 16.5. The summed E-state index contributed by atoms with van der Waals surface area (Å²) in [5, 5.41) is 3.07. The number of hydrogen-bond donors (Lipinski definition) is 1. The van der Waals surface area contributed by atoms with E-state index in [9.17, 15) is 4.79 Å². The highest BCUT2D eigenvalue weighted by Crippen LogP contribution is 2.21. The van der Waals surface area contributed by atoms with Crippen molar-refractivity contribution in [3.8, 4) is 5.75 Å². The maximum atomic E-state index is 12.6. The van der Waals surface area contributed by atoms with Crippen LogP contribution in [0.2, 0.25) is 0 Å². The van der Waals surface area contributed by atoms with E-state index in [-0.39, 0.29) is 11.9 Å². The van der Waals surface area contributed by atoms with Crippen LogP contribution in [0.25, 0.3) is 0 Å². The van der Waals surface area contributed by atoms with E-state index in [4.69, 9.17) is 4.74 Å². The van der Waals surface area contributed by atoms with Crippen LogP contribution in [0.15, 0.2) is 48.5 Å². The van der Waals surface area contributed by atoms with Gasteiger partial charge in [-0.2, -0.15) is 0 Å². The number of ether oxygens (including phenoxy) is 1. The molecular formula is C24H35N3O2. The first-order chi connectivity index (χ1) is 13.8. The predicted molar refractivity (Wildman–Crippen MR) is 119 cm³/mol. The van der Waals surface area contributed by atoms with Gasteiger partial charge in [0.2, 0.25) is 0 Å². The molecule has 0 aromatic heterocycles. The summed E-state index contributed by atoms with van der Waals surface area (Å²) >= 11 is 0. The number of rotatable bonds is 10. The molecule has 0 saturated carbocycles. The average Bonchev–Trinajstić information content (AvgIpc) is 2.72. The van der Waals surface area contributed by atoms with Crippen LogP contribution in [0.1, 0.15) is 48.3 Å². The van der Waals surface area contributed by atoms with Gasteiger partial charge in [0, 0.05) is 24.7 Å². The normalized spacial score (nSPS) is 12.4. The molecule has 1 atom stereocenters. The number of hydrogen-bond acceptors (Lipinski definition) is 4. The first kappa shape index (κ1) is 22.9. The van der Waals surface area contributed by atoms with Gasteiger partial charge in [0.1, 0.15) is 5.75 Å². The second-order valence-corrected chi connectivity index (χ2v) is 7.82. The van der Waals surface area contributed by atoms with Gasteiger partial charge in [-0.1, -0.05) is 31.2 Å². The van der Waals surface area contributed by atoms with Gasteiger partial charge in [-0.25, -0.2) is 0 Å². The third-order valence-electron chi connectivity index (χ3n) is 5.32. The number of likely N-dealkylation sites (N-methyl/N-ethyl adjacent to an activating group) is 1. The number of carbonyl (C=O) groups excluding carboxylic acids is 1. The number of benzene rings is 2. The number of nitrogens with zero attached hydrogens (tertiary/aromatic N) is 2. The number of amides is 1. The zero-order chi connectivity index (χ0) is 21.4. The fourth-order valence-corrected chi connectivity index (χ4v) is 3.37. The lowest BCUT2D eigenvalue weighted by molar-refractivity contribution is 0.0942. The zero-order valence-electron chi connectivity index (χ0n) is 18.6. The Morgan fingerprint density at radius 3 is 2.14 bits per heavy atom. The standard InChI is InChI=1S/C24H35N3O2/c1-7-27(18(2)3)17-19-8-10-21(11-9-19)24(28)25-16-23(26(4)5)20-12-14-22(29-6)15-13-20/h8-15,18,23H,7,16-17H2,1-6H3,(H,25,28). The Morgan fingerprint density at radius 1 is 1.03 bits per heavy atom. The van der Waals surface area contributed by atoms with Crippen molar-refractivity contribution in [1.29, 1.82) is 0 Å². The monoisotopic (exact) mass is 397 g/mol. The van der Waals surface area contributed by atoms with Crippen LogP contribution in [0.5, 0.6) is 5.75 Å². The molecule has 0 aliphatic heterocycles. The van der Waals surface area contributed by atoms with Crippen molar-refractivity contribution in [2.24, 2.45) is 0 Å². The molecule has 0 heterocycles. The molecule has 0 aliphatic rings. The van der Waals surface area contributed by atoms with Gasteiger partial charge in [0.25, 0.3) is 5.91 Å². The molecule has 0 spiro atoms. The molecule has 2 aromatic carbocycles. The van der Waals surface area contributed by atoms with Crippen molar-refractivity contribution in [3.05, 3.63) is 65.2 Å². The van der Waals surface area contributed by atoms with Crippen molar-refractivity contribution >= 4 is 5.91 Å². The third-order valence-corrected chi connectivity index (χ3v) is 5.32. The van der Waals surface area contributed by atoms with E-state index < -0.39 is 0 Å². The second kappa shape index (κ2) is 11.0. The summed E-state index contributed by atoms with van der Waals surface area (Å²) in [6.07, 6.45) is 0. The lowest BCUT2D eigenvalue weighted by Crippen LogP contribution is -2.34. The molecule has 0 bridgehead atoms. The molecule has 0 saturated heterocycles. The molecular weight excluding hydrogens is 362 g/mol. The van der Waals surface area contributed by atoms with Crippen LogP contribution >= 0.6 is 0 Å². The fraction of sp³-hybridized carbons (Fsp3) is 0.458. The maximum absolute atomic E-state index is 12.6. The summed E-state index contributed by atoms with van der Waals surface area (Å²) in [6.45, 7) is 9.03. The van der Waals surface area contributed by atoms with E-state index >= 15 is 0 Å². The Kier molecular flexibility index (Phi) is 8.68. The van der Waals surface area contributed by atoms with Crippen LogP contribution in [0, 0.1) is 0 Å². The van der Waals surface area contributed by atoms with E-state index in [1.54, 1.807) is 7.11 Å². The van der Waals surface area contributed by atoms with Crippen molar-refractivity contribution in [1.82, 2.24) is 15.1 Å². The van der Waals surface area contributed by atoms with E-state index in [1.165, 1.54) is 5.56 Å². The van der Waals surface area contributed by atoms with Gasteiger partial charge in [-0.05, 0) is 69.9 Å². The van der Waals surface area contributed by atoms with Gasteiger partial charge in [0.05, 0.1) is 13.2 Å². The molecule has 0 aliphatic carbocycles. The largest absolute Gasteiger partial charge is 0.497 e. The Balaban J connectivity index is 1.99. The number of nitrogens with one attached hydrogen (secondary N) is 1. The lowest BCUT2D eigenvalue weighted by Gasteiger charge is -2.25. The van der Waals surface area contributed by atoms with Gasteiger partial charge in [-0.3, -0.25) is 9.69 Å². The SMILES string of the molecule is CCN(Cc1ccc(C(=O)NCC(c2ccc(OC)cc2)N(C)C)cc1)C(C)C. The third kappa shape index (κ3) is 6.58. The molecule has 2 aromatic rings. The summed E-state index contributed by atoms with van der Waals surface area (Å²) in [7, 11) is 5.70. The molecule has 158 valence electrons. The van der Waals surface area contributed by atoms with Crippen LogP contribution in [0.3, 0.4) is 0 Å². The topological polar surface area (TPSA) is 44.8 Å². The molecule has 1 N–H and O–H groups in total. The van der Waals surface area contributed by atoms with Crippen LogP contribution < -0.4 is 10.1 Å². The zero-order valence-corrected chi connectivity index (χ0v) is 18.6. The molecule has 5 heteroatoms. The Hall–Kier alpha value is -2.37.